The van der Waals surface area contributed by atoms with E-state index in [9.17, 15) is 9.59 Å². The average molecular weight is 327 g/mol. The third-order valence-corrected chi connectivity index (χ3v) is 3.78. The maximum atomic E-state index is 12.1. The van der Waals surface area contributed by atoms with E-state index in [-0.39, 0.29) is 17.9 Å². The van der Waals surface area contributed by atoms with E-state index in [1.165, 1.54) is 4.90 Å². The Morgan fingerprint density at radius 2 is 2.00 bits per heavy atom. The van der Waals surface area contributed by atoms with Crippen LogP contribution in [0.1, 0.15) is 28.9 Å². The summed E-state index contributed by atoms with van der Waals surface area (Å²) in [6, 6.07) is 6.93. The number of nitrogens with zero attached hydrogens (tertiary/aromatic N) is 2. The lowest BCUT2D eigenvalue weighted by atomic mass is 9.94. The third kappa shape index (κ3) is 2.76. The van der Waals surface area contributed by atoms with E-state index in [0.717, 1.165) is 16.7 Å². The lowest BCUT2D eigenvalue weighted by Crippen LogP contribution is -2.22. The summed E-state index contributed by atoms with van der Waals surface area (Å²) in [5.41, 5.74) is 8.09. The number of primary amides is 1. The van der Waals surface area contributed by atoms with Crippen LogP contribution in [-0.4, -0.2) is 36.0 Å². The van der Waals surface area contributed by atoms with Crippen molar-refractivity contribution >= 4 is 12.0 Å². The van der Waals surface area contributed by atoms with Crippen molar-refractivity contribution in [3.8, 4) is 22.8 Å². The normalized spacial score (nSPS) is 14.9. The Morgan fingerprint density at radius 1 is 1.25 bits per heavy atom. The summed E-state index contributed by atoms with van der Waals surface area (Å²) in [4.78, 5) is 28.6. The van der Waals surface area contributed by atoms with Gasteiger partial charge < -0.3 is 20.1 Å². The number of pyridine rings is 1. The van der Waals surface area contributed by atoms with E-state index in [2.05, 4.69) is 4.98 Å². The van der Waals surface area contributed by atoms with Gasteiger partial charge in [0.05, 0.1) is 0 Å². The molecule has 0 radical (unpaired) electrons. The number of nitrogens with two attached hydrogens (primary N) is 1. The molecule has 7 nitrogen and oxygen atoms in total. The predicted molar refractivity (Wildman–Crippen MR) is 86.9 cm³/mol. The molecule has 1 aliphatic rings. The van der Waals surface area contributed by atoms with Crippen molar-refractivity contribution in [2.75, 3.05) is 14.1 Å². The van der Waals surface area contributed by atoms with Crippen molar-refractivity contribution in [1.29, 1.82) is 0 Å². The number of carbonyl (C=O) groups excluding carboxylic acids is 2. The Labute approximate surface area is 139 Å². The zero-order valence-corrected chi connectivity index (χ0v) is 13.6. The molecule has 124 valence electrons. The highest BCUT2D eigenvalue weighted by Crippen LogP contribution is 2.43. The molecule has 1 aromatic carbocycles. The maximum Gasteiger partial charge on any atom is 0.411 e. The highest BCUT2D eigenvalue weighted by Gasteiger charge is 2.25. The van der Waals surface area contributed by atoms with Gasteiger partial charge in [0.15, 0.2) is 0 Å². The predicted octanol–water partition coefficient (Wildman–Crippen LogP) is 2.36. The Kier molecular flexibility index (Phi) is 3.84. The van der Waals surface area contributed by atoms with Gasteiger partial charge in [-0.25, -0.2) is 9.78 Å². The first-order chi connectivity index (χ1) is 11.4. The molecule has 3 rings (SSSR count). The fourth-order valence-electron chi connectivity index (χ4n) is 2.66. The number of fused-ring (bicyclic) bond motifs is 3. The highest BCUT2D eigenvalue weighted by molar-refractivity contribution is 5.95. The molecule has 2 amide bonds. The minimum absolute atomic E-state index is 0.0943. The minimum atomic E-state index is -0.918. The topological polar surface area (TPSA) is 94.8 Å². The summed E-state index contributed by atoms with van der Waals surface area (Å²) >= 11 is 0. The first-order valence-corrected chi connectivity index (χ1v) is 7.36. The first kappa shape index (κ1) is 15.8. The van der Waals surface area contributed by atoms with Crippen molar-refractivity contribution in [2.24, 2.45) is 5.73 Å². The molecule has 2 heterocycles. The lowest BCUT2D eigenvalue weighted by molar-refractivity contribution is 0.0826. The molecule has 24 heavy (non-hydrogen) atoms. The Bertz CT molecular complexity index is 833. The smallest absolute Gasteiger partial charge is 0.411 e. The summed E-state index contributed by atoms with van der Waals surface area (Å²) in [7, 11) is 3.40. The summed E-state index contributed by atoms with van der Waals surface area (Å²) in [6.07, 6.45) is 0.410. The number of ether oxygens (including phenoxy) is 2. The van der Waals surface area contributed by atoms with Crippen LogP contribution in [0, 0.1) is 0 Å². The zero-order chi connectivity index (χ0) is 17.4. The second kappa shape index (κ2) is 5.84. The van der Waals surface area contributed by atoms with Crippen LogP contribution in [0.3, 0.4) is 0 Å². The van der Waals surface area contributed by atoms with E-state index < -0.39 is 6.09 Å². The van der Waals surface area contributed by atoms with Crippen LogP contribution in [-0.2, 0) is 0 Å². The standard InChI is InChI=1S/C17H17N3O4/c1-9-12-7-15(24-17(18)22)19-8-13(12)11-5-4-10(6-14(11)23-9)16(21)20(2)3/h4-9H,1-3H3,(H2,18,22). The Morgan fingerprint density at radius 3 is 2.67 bits per heavy atom. The van der Waals surface area contributed by atoms with Crippen molar-refractivity contribution in [3.05, 3.63) is 41.6 Å². The fraction of sp³-hybridized carbons (Fsp3) is 0.235. The van der Waals surface area contributed by atoms with Crippen LogP contribution < -0.4 is 15.2 Å². The second-order valence-corrected chi connectivity index (χ2v) is 5.70. The molecule has 0 saturated heterocycles. The third-order valence-electron chi connectivity index (χ3n) is 3.78. The number of hydrogen-bond acceptors (Lipinski definition) is 5. The van der Waals surface area contributed by atoms with Crippen molar-refractivity contribution in [2.45, 2.75) is 13.0 Å². The Hall–Kier alpha value is -3.09. The van der Waals surface area contributed by atoms with E-state index >= 15 is 0 Å². The van der Waals surface area contributed by atoms with Gasteiger partial charge >= 0.3 is 6.09 Å². The van der Waals surface area contributed by atoms with Gasteiger partial charge in [0.2, 0.25) is 5.88 Å². The summed E-state index contributed by atoms with van der Waals surface area (Å²) in [5, 5.41) is 0. The van der Waals surface area contributed by atoms with E-state index in [1.54, 1.807) is 38.5 Å². The molecule has 2 N–H and O–H groups in total. The maximum absolute atomic E-state index is 12.1. The molecule has 0 fully saturated rings. The van der Waals surface area contributed by atoms with Crippen LogP contribution in [0.4, 0.5) is 4.79 Å². The van der Waals surface area contributed by atoms with Crippen molar-refractivity contribution in [1.82, 2.24) is 9.88 Å². The number of rotatable bonds is 2. The SMILES string of the molecule is CC1Oc2cc(C(=O)N(C)C)ccc2-c2cnc(OC(N)=O)cc21. The van der Waals surface area contributed by atoms with Gasteiger partial charge in [-0.2, -0.15) is 0 Å². The number of aromatic nitrogens is 1. The molecule has 2 aromatic rings. The van der Waals surface area contributed by atoms with Crippen LogP contribution >= 0.6 is 0 Å². The van der Waals surface area contributed by atoms with E-state index in [1.807, 2.05) is 13.0 Å². The zero-order valence-electron chi connectivity index (χ0n) is 13.6. The summed E-state index contributed by atoms with van der Waals surface area (Å²) < 4.78 is 10.7. The van der Waals surface area contributed by atoms with Crippen LogP contribution in [0.15, 0.2) is 30.5 Å². The summed E-state index contributed by atoms with van der Waals surface area (Å²) in [5.74, 6) is 0.649. The molecule has 1 unspecified atom stereocenters. The lowest BCUT2D eigenvalue weighted by Gasteiger charge is -2.27. The Balaban J connectivity index is 2.04. The molecule has 0 bridgehead atoms. The van der Waals surface area contributed by atoms with Gasteiger partial charge in [0.25, 0.3) is 5.91 Å². The first-order valence-electron chi connectivity index (χ1n) is 7.36. The number of carbonyl (C=O) groups is 2. The van der Waals surface area contributed by atoms with E-state index in [4.69, 9.17) is 15.2 Å². The number of hydrogen-bond donors (Lipinski definition) is 1. The van der Waals surface area contributed by atoms with Crippen LogP contribution in [0.5, 0.6) is 11.6 Å². The van der Waals surface area contributed by atoms with Gasteiger partial charge in [-0.3, -0.25) is 4.79 Å². The molecule has 0 spiro atoms. The highest BCUT2D eigenvalue weighted by atomic mass is 16.6. The molecular formula is C17H17N3O4. The van der Waals surface area contributed by atoms with Crippen molar-refractivity contribution < 1.29 is 19.1 Å². The molecule has 1 atom stereocenters. The molecule has 0 aliphatic carbocycles. The van der Waals surface area contributed by atoms with Gasteiger partial charge in [-0.15, -0.1) is 0 Å². The van der Waals surface area contributed by atoms with Gasteiger partial charge in [-0.05, 0) is 25.1 Å². The summed E-state index contributed by atoms with van der Waals surface area (Å²) in [6.45, 7) is 1.87. The largest absolute Gasteiger partial charge is 0.485 e. The molecule has 1 aromatic heterocycles. The molecule has 7 heteroatoms. The molecule has 0 saturated carbocycles. The fourth-order valence-corrected chi connectivity index (χ4v) is 2.66. The second-order valence-electron chi connectivity index (χ2n) is 5.70. The monoisotopic (exact) mass is 327 g/mol. The molecular weight excluding hydrogens is 310 g/mol. The number of amides is 2. The van der Waals surface area contributed by atoms with Crippen molar-refractivity contribution in [3.63, 3.8) is 0 Å². The van der Waals surface area contributed by atoms with Crippen LogP contribution in [0.2, 0.25) is 0 Å². The van der Waals surface area contributed by atoms with Gasteiger partial charge in [0, 0.05) is 48.6 Å². The quantitative estimate of drug-likeness (QED) is 0.913. The van der Waals surface area contributed by atoms with Gasteiger partial charge in [0.1, 0.15) is 11.9 Å². The van der Waals surface area contributed by atoms with Gasteiger partial charge in [-0.1, -0.05) is 0 Å². The van der Waals surface area contributed by atoms with Crippen LogP contribution in [0.25, 0.3) is 11.1 Å². The number of benzene rings is 1. The minimum Gasteiger partial charge on any atom is -0.485 e. The van der Waals surface area contributed by atoms with E-state index in [0.29, 0.717) is 11.3 Å². The molecule has 1 aliphatic heterocycles. The average Bonchev–Trinajstić information content (AvgIpc) is 2.53.